The van der Waals surface area contributed by atoms with Crippen LogP contribution in [-0.4, -0.2) is 49.7 Å². The lowest BCUT2D eigenvalue weighted by Gasteiger charge is -2.38. The van der Waals surface area contributed by atoms with Gasteiger partial charge in [0.15, 0.2) is 0 Å². The Kier molecular flexibility index (Phi) is 7.12. The minimum atomic E-state index is -0.835. The maximum Gasteiger partial charge on any atom is 0.254 e. The fraction of sp³-hybridized carbons (Fsp3) is 0.611. The number of hydrogen-bond donors (Lipinski definition) is 1. The number of amides is 1. The van der Waals surface area contributed by atoms with Crippen LogP contribution in [0.3, 0.4) is 0 Å². The maximum absolute atomic E-state index is 13.7. The SMILES string of the molecule is CCC(CC)C(CNC(=O)c1ccc(F)cc1F)N1CCOCC1. The van der Waals surface area contributed by atoms with Crippen molar-refractivity contribution in [1.29, 1.82) is 0 Å². The number of benzene rings is 1. The van der Waals surface area contributed by atoms with E-state index in [-0.39, 0.29) is 11.6 Å². The highest BCUT2D eigenvalue weighted by Crippen LogP contribution is 2.20. The van der Waals surface area contributed by atoms with Crippen molar-refractivity contribution in [2.24, 2.45) is 5.92 Å². The first kappa shape index (κ1) is 18.8. The lowest BCUT2D eigenvalue weighted by molar-refractivity contribution is 0.00190. The summed E-state index contributed by atoms with van der Waals surface area (Å²) in [5, 5.41) is 2.82. The Morgan fingerprint density at radius 1 is 1.25 bits per heavy atom. The van der Waals surface area contributed by atoms with Crippen molar-refractivity contribution in [3.8, 4) is 0 Å². The molecule has 0 saturated carbocycles. The van der Waals surface area contributed by atoms with Gasteiger partial charge in [-0.05, 0) is 18.1 Å². The van der Waals surface area contributed by atoms with Crippen LogP contribution in [0.4, 0.5) is 8.78 Å². The number of carbonyl (C=O) groups is 1. The van der Waals surface area contributed by atoms with Gasteiger partial charge in [-0.25, -0.2) is 8.78 Å². The topological polar surface area (TPSA) is 41.6 Å². The van der Waals surface area contributed by atoms with E-state index in [0.29, 0.717) is 25.7 Å². The zero-order valence-corrected chi connectivity index (χ0v) is 14.4. The molecule has 134 valence electrons. The molecule has 4 nitrogen and oxygen atoms in total. The minimum Gasteiger partial charge on any atom is -0.379 e. The fourth-order valence-corrected chi connectivity index (χ4v) is 3.30. The fourth-order valence-electron chi connectivity index (χ4n) is 3.30. The zero-order chi connectivity index (χ0) is 17.5. The van der Waals surface area contributed by atoms with Crippen LogP contribution in [0.2, 0.25) is 0 Å². The number of morpholine rings is 1. The number of halogens is 2. The smallest absolute Gasteiger partial charge is 0.254 e. The number of rotatable bonds is 7. The summed E-state index contributed by atoms with van der Waals surface area (Å²) < 4.78 is 32.1. The van der Waals surface area contributed by atoms with E-state index in [1.807, 2.05) is 0 Å². The average Bonchev–Trinajstić information content (AvgIpc) is 2.59. The van der Waals surface area contributed by atoms with E-state index < -0.39 is 17.5 Å². The molecule has 1 aliphatic heterocycles. The van der Waals surface area contributed by atoms with Crippen molar-refractivity contribution in [1.82, 2.24) is 10.2 Å². The van der Waals surface area contributed by atoms with E-state index in [4.69, 9.17) is 4.74 Å². The predicted octanol–water partition coefficient (Wildman–Crippen LogP) is 2.83. The molecule has 24 heavy (non-hydrogen) atoms. The molecule has 0 radical (unpaired) electrons. The molecule has 0 bridgehead atoms. The van der Waals surface area contributed by atoms with Gasteiger partial charge in [0.2, 0.25) is 0 Å². The average molecular weight is 340 g/mol. The van der Waals surface area contributed by atoms with Crippen LogP contribution in [0.25, 0.3) is 0 Å². The highest BCUT2D eigenvalue weighted by Gasteiger charge is 2.27. The van der Waals surface area contributed by atoms with Gasteiger partial charge < -0.3 is 10.1 Å². The minimum absolute atomic E-state index is 0.123. The van der Waals surface area contributed by atoms with Crippen molar-refractivity contribution < 1.29 is 18.3 Å². The van der Waals surface area contributed by atoms with Gasteiger partial charge in [0.25, 0.3) is 5.91 Å². The molecule has 1 saturated heterocycles. The predicted molar refractivity (Wildman–Crippen MR) is 88.9 cm³/mol. The third-order valence-electron chi connectivity index (χ3n) is 4.76. The van der Waals surface area contributed by atoms with Crippen LogP contribution in [0, 0.1) is 17.6 Å². The van der Waals surface area contributed by atoms with Crippen molar-refractivity contribution in [2.75, 3.05) is 32.8 Å². The monoisotopic (exact) mass is 340 g/mol. The van der Waals surface area contributed by atoms with Gasteiger partial charge in [0.05, 0.1) is 18.8 Å². The van der Waals surface area contributed by atoms with E-state index in [1.54, 1.807) is 0 Å². The number of nitrogens with one attached hydrogen (secondary N) is 1. The van der Waals surface area contributed by atoms with Crippen molar-refractivity contribution >= 4 is 5.91 Å². The molecule has 1 N–H and O–H groups in total. The molecule has 0 aromatic heterocycles. The molecule has 1 amide bonds. The Hall–Kier alpha value is -1.53. The zero-order valence-electron chi connectivity index (χ0n) is 14.4. The second-order valence-corrected chi connectivity index (χ2v) is 6.13. The Bertz CT molecular complexity index is 544. The van der Waals surface area contributed by atoms with Gasteiger partial charge in [-0.2, -0.15) is 0 Å². The van der Waals surface area contributed by atoms with E-state index in [0.717, 1.165) is 38.1 Å². The molecule has 1 aliphatic rings. The molecule has 0 spiro atoms. The first-order valence-corrected chi connectivity index (χ1v) is 8.61. The van der Waals surface area contributed by atoms with Crippen LogP contribution in [0.15, 0.2) is 18.2 Å². The standard InChI is InChI=1S/C18H26F2N2O2/c1-3-13(4-2)17(22-7-9-24-10-8-22)12-21-18(23)15-6-5-14(19)11-16(15)20/h5-6,11,13,17H,3-4,7-10,12H2,1-2H3,(H,21,23). The number of nitrogens with zero attached hydrogens (tertiary/aromatic N) is 1. The Labute approximate surface area is 142 Å². The van der Waals surface area contributed by atoms with Crippen LogP contribution in [-0.2, 0) is 4.74 Å². The van der Waals surface area contributed by atoms with Crippen molar-refractivity contribution in [3.63, 3.8) is 0 Å². The van der Waals surface area contributed by atoms with Gasteiger partial charge in [-0.1, -0.05) is 26.7 Å². The lowest BCUT2D eigenvalue weighted by atomic mass is 9.92. The number of ether oxygens (including phenoxy) is 1. The van der Waals surface area contributed by atoms with Gasteiger partial charge >= 0.3 is 0 Å². The molecule has 0 aliphatic carbocycles. The first-order valence-electron chi connectivity index (χ1n) is 8.61. The third kappa shape index (κ3) is 4.74. The van der Waals surface area contributed by atoms with Gasteiger partial charge in [0, 0.05) is 31.7 Å². The molecule has 1 atom stereocenters. The molecule has 1 fully saturated rings. The first-order chi connectivity index (χ1) is 11.6. The Morgan fingerprint density at radius 2 is 1.92 bits per heavy atom. The molecule has 2 rings (SSSR count). The summed E-state index contributed by atoms with van der Waals surface area (Å²) in [6, 6.07) is 3.20. The van der Waals surface area contributed by atoms with Gasteiger partial charge in [0.1, 0.15) is 11.6 Å². The van der Waals surface area contributed by atoms with Crippen molar-refractivity contribution in [3.05, 3.63) is 35.4 Å². The number of carbonyl (C=O) groups excluding carboxylic acids is 1. The second-order valence-electron chi connectivity index (χ2n) is 6.13. The van der Waals surface area contributed by atoms with E-state index in [2.05, 4.69) is 24.1 Å². The van der Waals surface area contributed by atoms with E-state index in [1.165, 1.54) is 6.07 Å². The third-order valence-corrected chi connectivity index (χ3v) is 4.76. The maximum atomic E-state index is 13.7. The molecule has 1 heterocycles. The summed E-state index contributed by atoms with van der Waals surface area (Å²) in [5.41, 5.74) is -0.123. The quantitative estimate of drug-likeness (QED) is 0.830. The molecule has 1 aromatic rings. The summed E-state index contributed by atoms with van der Waals surface area (Å²) in [6.07, 6.45) is 2.03. The summed E-state index contributed by atoms with van der Waals surface area (Å²) in [4.78, 5) is 14.6. The van der Waals surface area contributed by atoms with E-state index >= 15 is 0 Å². The lowest BCUT2D eigenvalue weighted by Crippen LogP contribution is -2.52. The largest absolute Gasteiger partial charge is 0.379 e. The highest BCUT2D eigenvalue weighted by atomic mass is 19.1. The summed E-state index contributed by atoms with van der Waals surface area (Å²) in [7, 11) is 0. The summed E-state index contributed by atoms with van der Waals surface area (Å²) >= 11 is 0. The molecule has 1 unspecified atom stereocenters. The van der Waals surface area contributed by atoms with Crippen LogP contribution >= 0.6 is 0 Å². The summed E-state index contributed by atoms with van der Waals surface area (Å²) in [5.74, 6) is -1.58. The molecular formula is C18H26F2N2O2. The number of hydrogen-bond acceptors (Lipinski definition) is 3. The van der Waals surface area contributed by atoms with Gasteiger partial charge in [-0.3, -0.25) is 9.69 Å². The van der Waals surface area contributed by atoms with Crippen LogP contribution in [0.1, 0.15) is 37.0 Å². The van der Waals surface area contributed by atoms with Crippen molar-refractivity contribution in [2.45, 2.75) is 32.7 Å². The Balaban J connectivity index is 2.04. The van der Waals surface area contributed by atoms with Crippen LogP contribution in [0.5, 0.6) is 0 Å². The summed E-state index contributed by atoms with van der Waals surface area (Å²) in [6.45, 7) is 7.78. The molecular weight excluding hydrogens is 314 g/mol. The Morgan fingerprint density at radius 3 is 2.50 bits per heavy atom. The highest BCUT2D eigenvalue weighted by molar-refractivity contribution is 5.94. The van der Waals surface area contributed by atoms with Gasteiger partial charge in [-0.15, -0.1) is 0 Å². The molecule has 1 aromatic carbocycles. The second kappa shape index (κ2) is 9.08. The molecule has 6 heteroatoms. The van der Waals surface area contributed by atoms with E-state index in [9.17, 15) is 13.6 Å². The van der Waals surface area contributed by atoms with Crippen LogP contribution < -0.4 is 5.32 Å². The normalized spacial score (nSPS) is 17.0.